The first kappa shape index (κ1) is 91.1. The molecule has 3 unspecified atom stereocenters. The average Bonchev–Trinajstić information content (AvgIpc) is 2.60. The van der Waals surface area contributed by atoms with Crippen LogP contribution in [0.3, 0.4) is 0 Å². The Morgan fingerprint density at radius 2 is 0.452 bits per heavy atom. The molecule has 19 heteroatoms. The number of hydrogen-bond donors (Lipinski definition) is 3. The van der Waals surface area contributed by atoms with Crippen LogP contribution in [0.15, 0.2) is 0 Å². The first-order valence-electron chi connectivity index (χ1n) is 38.2. The molecule has 0 amide bonds. The first-order valence-corrected chi connectivity index (χ1v) is 41.2. The average molecular weight is 1370 g/mol. The minimum absolute atomic E-state index is 0.102. The maximum absolute atomic E-state index is 13.0. The second kappa shape index (κ2) is 63.5. The fourth-order valence-electron chi connectivity index (χ4n) is 11.2. The lowest BCUT2D eigenvalue weighted by atomic mass is 10.0. The lowest BCUT2D eigenvalue weighted by molar-refractivity contribution is -0.161. The zero-order chi connectivity index (χ0) is 68.9. The minimum atomic E-state index is -4.95. The van der Waals surface area contributed by atoms with Crippen molar-refractivity contribution in [1.82, 2.24) is 0 Å². The third kappa shape index (κ3) is 68.4. The Bertz CT molecular complexity index is 1830. The molecule has 552 valence electrons. The van der Waals surface area contributed by atoms with Crippen molar-refractivity contribution in [2.24, 2.45) is 23.7 Å². The second-order valence-corrected chi connectivity index (χ2v) is 31.5. The number of rotatable bonds is 71. The summed E-state index contributed by atoms with van der Waals surface area (Å²) in [7, 11) is -9.90. The molecule has 0 bridgehead atoms. The highest BCUT2D eigenvalue weighted by Crippen LogP contribution is 2.45. The molecule has 0 saturated carbocycles. The number of phosphoric acid groups is 2. The predicted octanol–water partition coefficient (Wildman–Crippen LogP) is 21.3. The van der Waals surface area contributed by atoms with Gasteiger partial charge in [-0.2, -0.15) is 0 Å². The summed E-state index contributed by atoms with van der Waals surface area (Å²) in [6.45, 7) is 14.0. The van der Waals surface area contributed by atoms with Gasteiger partial charge in [0.25, 0.3) is 0 Å². The molecule has 0 aliphatic rings. The van der Waals surface area contributed by atoms with Gasteiger partial charge < -0.3 is 33.8 Å². The van der Waals surface area contributed by atoms with Gasteiger partial charge in [-0.1, -0.05) is 319 Å². The maximum Gasteiger partial charge on any atom is 0.472 e. The molecule has 0 aromatic rings. The maximum atomic E-state index is 13.0. The van der Waals surface area contributed by atoms with E-state index in [2.05, 4.69) is 55.4 Å². The Balaban J connectivity index is 5.13. The van der Waals surface area contributed by atoms with Gasteiger partial charge in [-0.3, -0.25) is 37.3 Å². The molecular weight excluding hydrogens is 1220 g/mol. The van der Waals surface area contributed by atoms with Crippen LogP contribution in [0.25, 0.3) is 0 Å². The Labute approximate surface area is 568 Å². The van der Waals surface area contributed by atoms with Crippen molar-refractivity contribution in [2.45, 2.75) is 388 Å². The standard InChI is InChI=1S/C74H144O17P2/c1-64(2)50-42-34-26-22-18-15-13-11-9-10-12-14-16-20-25-29-40-48-56-73(78)90-69(61-85-72(77)55-47-39-32-30-36-44-52-66(5)6)62-88-92(80,81)86-58-68(75)59-87-93(82,83)89-63-70(91-74(79)57-49-41-33-31-37-45-53-67(7)8)60-84-71(76)54-46-38-28-24-21-17-19-23-27-35-43-51-65(3)4/h64-70,75H,9-63H2,1-8H3,(H,80,81)(H,82,83)/t68?,69-,70-/m1/s1. The van der Waals surface area contributed by atoms with Gasteiger partial charge in [0.15, 0.2) is 12.2 Å². The molecule has 17 nitrogen and oxygen atoms in total. The van der Waals surface area contributed by atoms with E-state index in [1.165, 1.54) is 167 Å². The van der Waals surface area contributed by atoms with Crippen molar-refractivity contribution in [1.29, 1.82) is 0 Å². The summed E-state index contributed by atoms with van der Waals surface area (Å²) in [4.78, 5) is 72.6. The van der Waals surface area contributed by atoms with Crippen LogP contribution in [0, 0.1) is 23.7 Å². The van der Waals surface area contributed by atoms with Crippen LogP contribution in [0.1, 0.15) is 370 Å². The van der Waals surface area contributed by atoms with Crippen LogP contribution in [0.4, 0.5) is 0 Å². The molecule has 0 aromatic carbocycles. The second-order valence-electron chi connectivity index (χ2n) is 28.6. The normalized spacial score (nSPS) is 14.2. The summed E-state index contributed by atoms with van der Waals surface area (Å²) < 4.78 is 68.3. The van der Waals surface area contributed by atoms with Crippen LogP contribution in [-0.2, 0) is 65.4 Å². The molecule has 0 heterocycles. The minimum Gasteiger partial charge on any atom is -0.462 e. The summed E-state index contributed by atoms with van der Waals surface area (Å²) in [5.74, 6) is 0.809. The van der Waals surface area contributed by atoms with Gasteiger partial charge in [0.1, 0.15) is 19.3 Å². The highest BCUT2D eigenvalue weighted by atomic mass is 31.2. The van der Waals surface area contributed by atoms with Crippen molar-refractivity contribution in [3.05, 3.63) is 0 Å². The van der Waals surface area contributed by atoms with Crippen LogP contribution < -0.4 is 0 Å². The van der Waals surface area contributed by atoms with E-state index in [1.807, 2.05) is 0 Å². The van der Waals surface area contributed by atoms with E-state index in [-0.39, 0.29) is 25.7 Å². The van der Waals surface area contributed by atoms with E-state index in [4.69, 9.17) is 37.0 Å². The zero-order valence-electron chi connectivity index (χ0n) is 60.9. The van der Waals surface area contributed by atoms with Gasteiger partial charge in [-0.05, 0) is 49.4 Å². The van der Waals surface area contributed by atoms with Crippen molar-refractivity contribution in [3.63, 3.8) is 0 Å². The van der Waals surface area contributed by atoms with Crippen molar-refractivity contribution in [2.75, 3.05) is 39.6 Å². The number of carbonyl (C=O) groups is 4. The van der Waals surface area contributed by atoms with Gasteiger partial charge in [0.05, 0.1) is 26.4 Å². The highest BCUT2D eigenvalue weighted by molar-refractivity contribution is 7.47. The van der Waals surface area contributed by atoms with Gasteiger partial charge in [0, 0.05) is 25.7 Å². The van der Waals surface area contributed by atoms with Crippen molar-refractivity contribution in [3.8, 4) is 0 Å². The molecule has 0 aliphatic heterocycles. The molecule has 0 radical (unpaired) electrons. The quantitative estimate of drug-likeness (QED) is 0.0222. The summed E-state index contributed by atoms with van der Waals surface area (Å²) in [5, 5.41) is 10.6. The van der Waals surface area contributed by atoms with Crippen molar-refractivity contribution < 1.29 is 80.2 Å². The van der Waals surface area contributed by atoms with E-state index >= 15 is 0 Å². The van der Waals surface area contributed by atoms with Gasteiger partial charge in [-0.25, -0.2) is 9.13 Å². The Morgan fingerprint density at radius 1 is 0.269 bits per heavy atom. The van der Waals surface area contributed by atoms with Gasteiger partial charge in [-0.15, -0.1) is 0 Å². The van der Waals surface area contributed by atoms with Crippen LogP contribution in [0.5, 0.6) is 0 Å². The number of phosphoric ester groups is 2. The molecule has 3 N–H and O–H groups in total. The number of hydrogen-bond acceptors (Lipinski definition) is 15. The smallest absolute Gasteiger partial charge is 0.462 e. The van der Waals surface area contributed by atoms with E-state index in [0.717, 1.165) is 108 Å². The molecule has 0 aromatic heterocycles. The summed E-state index contributed by atoms with van der Waals surface area (Å²) in [6.07, 6.45) is 47.7. The first-order chi connectivity index (χ1) is 44.6. The van der Waals surface area contributed by atoms with Crippen LogP contribution in [0.2, 0.25) is 0 Å². The fraction of sp³-hybridized carbons (Fsp3) is 0.946. The van der Waals surface area contributed by atoms with E-state index in [1.54, 1.807) is 0 Å². The number of unbranched alkanes of at least 4 members (excludes halogenated alkanes) is 37. The molecule has 0 rings (SSSR count). The number of ether oxygens (including phenoxy) is 4. The Morgan fingerprint density at radius 3 is 0.667 bits per heavy atom. The van der Waals surface area contributed by atoms with E-state index < -0.39 is 97.5 Å². The van der Waals surface area contributed by atoms with Gasteiger partial charge in [0.2, 0.25) is 0 Å². The third-order valence-electron chi connectivity index (χ3n) is 17.1. The van der Waals surface area contributed by atoms with Crippen molar-refractivity contribution >= 4 is 39.5 Å². The monoisotopic (exact) mass is 1370 g/mol. The fourth-order valence-corrected chi connectivity index (χ4v) is 12.8. The summed E-state index contributed by atoms with van der Waals surface area (Å²) in [5.41, 5.74) is 0. The lowest BCUT2D eigenvalue weighted by Gasteiger charge is -2.21. The number of aliphatic hydroxyl groups excluding tert-OH is 1. The predicted molar refractivity (Wildman–Crippen MR) is 377 cm³/mol. The molecule has 5 atom stereocenters. The number of carbonyl (C=O) groups excluding carboxylic acids is 4. The largest absolute Gasteiger partial charge is 0.472 e. The molecule has 93 heavy (non-hydrogen) atoms. The third-order valence-corrected chi connectivity index (χ3v) is 19.0. The Hall–Kier alpha value is -1.94. The molecular formula is C74H144O17P2. The topological polar surface area (TPSA) is 237 Å². The zero-order valence-corrected chi connectivity index (χ0v) is 62.7. The van der Waals surface area contributed by atoms with E-state index in [0.29, 0.717) is 37.5 Å². The summed E-state index contributed by atoms with van der Waals surface area (Å²) in [6, 6.07) is 0. The van der Waals surface area contributed by atoms with Gasteiger partial charge >= 0.3 is 39.5 Å². The van der Waals surface area contributed by atoms with Crippen LogP contribution in [-0.4, -0.2) is 96.7 Å². The van der Waals surface area contributed by atoms with Crippen LogP contribution >= 0.6 is 15.6 Å². The SMILES string of the molecule is CC(C)CCCCCCCCCCCCCCCCCCCCC(=O)O[C@H](COC(=O)CCCCCCCCC(C)C)COP(=O)(O)OCC(O)COP(=O)(O)OC[C@@H](COC(=O)CCCCCCCCCCCCCC(C)C)OC(=O)CCCCCCCCC(C)C. The Kier molecular flexibility index (Phi) is 62.2. The lowest BCUT2D eigenvalue weighted by Crippen LogP contribution is -2.30. The van der Waals surface area contributed by atoms with E-state index in [9.17, 15) is 43.2 Å². The molecule has 0 saturated heterocycles. The number of esters is 4. The number of aliphatic hydroxyl groups is 1. The summed E-state index contributed by atoms with van der Waals surface area (Å²) >= 11 is 0. The molecule has 0 fully saturated rings. The molecule has 0 aliphatic carbocycles. The molecule has 0 spiro atoms. The highest BCUT2D eigenvalue weighted by Gasteiger charge is 2.30.